The van der Waals surface area contributed by atoms with Gasteiger partial charge in [-0.2, -0.15) is 13.2 Å². The van der Waals surface area contributed by atoms with Crippen molar-refractivity contribution in [2.24, 2.45) is 0 Å². The highest BCUT2D eigenvalue weighted by Gasteiger charge is 2.30. The first kappa shape index (κ1) is 17.9. The van der Waals surface area contributed by atoms with E-state index in [2.05, 4.69) is 9.71 Å². The summed E-state index contributed by atoms with van der Waals surface area (Å²) < 4.78 is 65.0. The van der Waals surface area contributed by atoms with Crippen molar-refractivity contribution in [3.8, 4) is 11.3 Å². The molecule has 25 heavy (non-hydrogen) atoms. The molecule has 2 aromatic rings. The van der Waals surface area contributed by atoms with E-state index in [1.807, 2.05) is 0 Å². The fraction of sp³-hybridized carbons (Fsp3) is 0.353. The van der Waals surface area contributed by atoms with Crippen LogP contribution >= 0.6 is 0 Å². The van der Waals surface area contributed by atoms with E-state index in [-0.39, 0.29) is 10.9 Å². The van der Waals surface area contributed by atoms with Crippen molar-refractivity contribution >= 4 is 10.0 Å². The highest BCUT2D eigenvalue weighted by atomic mass is 32.2. The van der Waals surface area contributed by atoms with Crippen molar-refractivity contribution in [2.45, 2.75) is 42.8 Å². The summed E-state index contributed by atoms with van der Waals surface area (Å²) in [5.74, 6) is 0. The average molecular weight is 370 g/mol. The molecule has 0 unspecified atom stereocenters. The Labute approximate surface area is 144 Å². The van der Waals surface area contributed by atoms with Crippen LogP contribution in [0.4, 0.5) is 13.2 Å². The van der Waals surface area contributed by atoms with Crippen molar-refractivity contribution in [3.63, 3.8) is 0 Å². The Morgan fingerprint density at radius 3 is 2.16 bits per heavy atom. The third-order valence-corrected chi connectivity index (χ3v) is 5.76. The van der Waals surface area contributed by atoms with Crippen LogP contribution in [-0.2, 0) is 16.2 Å². The van der Waals surface area contributed by atoms with Gasteiger partial charge in [-0.15, -0.1) is 0 Å². The Kier molecular flexibility index (Phi) is 4.83. The number of pyridine rings is 1. The maximum Gasteiger partial charge on any atom is 0.417 e. The molecule has 1 aromatic carbocycles. The molecule has 0 bridgehead atoms. The molecular weight excluding hydrogens is 353 g/mol. The average Bonchev–Trinajstić information content (AvgIpc) is 3.06. The molecule has 0 radical (unpaired) electrons. The Hall–Kier alpha value is -1.93. The van der Waals surface area contributed by atoms with Crippen molar-refractivity contribution in [1.29, 1.82) is 0 Å². The molecule has 0 atom stereocenters. The van der Waals surface area contributed by atoms with E-state index >= 15 is 0 Å². The Morgan fingerprint density at radius 1 is 1.00 bits per heavy atom. The van der Waals surface area contributed by atoms with E-state index in [0.29, 0.717) is 11.3 Å². The summed E-state index contributed by atoms with van der Waals surface area (Å²) >= 11 is 0. The predicted octanol–water partition coefficient (Wildman–Crippen LogP) is 3.99. The molecule has 134 valence electrons. The van der Waals surface area contributed by atoms with Gasteiger partial charge in [0.05, 0.1) is 16.2 Å². The van der Waals surface area contributed by atoms with Crippen LogP contribution in [0.15, 0.2) is 47.5 Å². The molecule has 4 nitrogen and oxygen atoms in total. The van der Waals surface area contributed by atoms with Crippen LogP contribution in [0, 0.1) is 0 Å². The zero-order valence-electron chi connectivity index (χ0n) is 13.3. The highest BCUT2D eigenvalue weighted by Crippen LogP contribution is 2.30. The number of halogens is 3. The van der Waals surface area contributed by atoms with E-state index in [1.54, 1.807) is 12.1 Å². The topological polar surface area (TPSA) is 59.1 Å². The number of sulfonamides is 1. The van der Waals surface area contributed by atoms with E-state index in [0.717, 1.165) is 37.9 Å². The summed E-state index contributed by atoms with van der Waals surface area (Å²) in [6, 6.07) is 8.15. The van der Waals surface area contributed by atoms with Crippen LogP contribution in [-0.4, -0.2) is 19.4 Å². The summed E-state index contributed by atoms with van der Waals surface area (Å²) in [6.45, 7) is 0. The Morgan fingerprint density at radius 2 is 1.64 bits per heavy atom. The second-order valence-electron chi connectivity index (χ2n) is 6.06. The van der Waals surface area contributed by atoms with Crippen LogP contribution in [0.25, 0.3) is 11.3 Å². The van der Waals surface area contributed by atoms with Crippen LogP contribution in [0.2, 0.25) is 0 Å². The molecule has 0 aliphatic heterocycles. The van der Waals surface area contributed by atoms with Crippen molar-refractivity contribution < 1.29 is 21.6 Å². The number of hydrogen-bond donors (Lipinski definition) is 1. The van der Waals surface area contributed by atoms with Crippen LogP contribution < -0.4 is 4.72 Å². The van der Waals surface area contributed by atoms with Gasteiger partial charge in [0.25, 0.3) is 0 Å². The van der Waals surface area contributed by atoms with E-state index < -0.39 is 21.8 Å². The molecule has 1 aliphatic rings. The minimum Gasteiger partial charge on any atom is -0.256 e. The molecule has 0 spiro atoms. The molecule has 1 saturated carbocycles. The van der Waals surface area contributed by atoms with E-state index in [9.17, 15) is 21.6 Å². The summed E-state index contributed by atoms with van der Waals surface area (Å²) in [4.78, 5) is 3.94. The third-order valence-electron chi connectivity index (χ3n) is 4.23. The first-order valence-corrected chi connectivity index (χ1v) is 9.40. The molecule has 3 rings (SSSR count). The number of alkyl halides is 3. The lowest BCUT2D eigenvalue weighted by molar-refractivity contribution is -0.137. The minimum atomic E-state index is -4.44. The number of benzene rings is 1. The zero-order chi connectivity index (χ0) is 18.1. The van der Waals surface area contributed by atoms with Crippen molar-refractivity contribution in [1.82, 2.24) is 9.71 Å². The smallest absolute Gasteiger partial charge is 0.256 e. The predicted molar refractivity (Wildman–Crippen MR) is 87.3 cm³/mol. The lowest BCUT2D eigenvalue weighted by atomic mass is 10.1. The maximum absolute atomic E-state index is 12.6. The number of nitrogens with one attached hydrogen (secondary N) is 1. The number of aromatic nitrogens is 1. The van der Waals surface area contributed by atoms with Crippen molar-refractivity contribution in [3.05, 3.63) is 48.2 Å². The molecule has 1 N–H and O–H groups in total. The third kappa shape index (κ3) is 4.19. The molecule has 1 aliphatic carbocycles. The molecule has 0 amide bonds. The van der Waals surface area contributed by atoms with Gasteiger partial charge in [0.15, 0.2) is 0 Å². The lowest BCUT2D eigenvalue weighted by Gasteiger charge is -2.13. The second-order valence-corrected chi connectivity index (χ2v) is 7.77. The summed E-state index contributed by atoms with van der Waals surface area (Å²) in [5.41, 5.74) is 0.0745. The SMILES string of the molecule is O=S(=O)(NC1CCCC1)c1ccc(-c2ccc(C(F)(F)F)cn2)cc1. The molecule has 1 aromatic heterocycles. The van der Waals surface area contributed by atoms with Gasteiger partial charge >= 0.3 is 6.18 Å². The van der Waals surface area contributed by atoms with E-state index in [4.69, 9.17) is 0 Å². The van der Waals surface area contributed by atoms with Gasteiger partial charge in [-0.25, -0.2) is 13.1 Å². The van der Waals surface area contributed by atoms with Gasteiger partial charge in [-0.05, 0) is 37.1 Å². The number of rotatable bonds is 4. The molecule has 1 heterocycles. The van der Waals surface area contributed by atoms with Gasteiger partial charge in [0.1, 0.15) is 0 Å². The van der Waals surface area contributed by atoms with Gasteiger partial charge in [0.2, 0.25) is 10.0 Å². The largest absolute Gasteiger partial charge is 0.417 e. The molecule has 8 heteroatoms. The Balaban J connectivity index is 1.77. The van der Waals surface area contributed by atoms with Crippen LogP contribution in [0.5, 0.6) is 0 Å². The molecule has 1 fully saturated rings. The summed E-state index contributed by atoms with van der Waals surface area (Å²) in [7, 11) is -3.59. The Bertz CT molecular complexity index is 826. The fourth-order valence-electron chi connectivity index (χ4n) is 2.87. The summed E-state index contributed by atoms with van der Waals surface area (Å²) in [5, 5.41) is 0. The first-order valence-electron chi connectivity index (χ1n) is 7.92. The normalized spacial score (nSPS) is 16.3. The standard InChI is InChI=1S/C17H17F3N2O2S/c18-17(19,20)13-7-10-16(21-11-13)12-5-8-15(9-6-12)25(23,24)22-14-3-1-2-4-14/h5-11,14,22H,1-4H2. The van der Waals surface area contributed by atoms with Gasteiger partial charge in [-0.1, -0.05) is 25.0 Å². The fourth-order valence-corrected chi connectivity index (χ4v) is 4.17. The van der Waals surface area contributed by atoms with Gasteiger partial charge in [-0.3, -0.25) is 4.98 Å². The quantitative estimate of drug-likeness (QED) is 0.885. The second kappa shape index (κ2) is 6.76. The van der Waals surface area contributed by atoms with Gasteiger partial charge in [0, 0.05) is 17.8 Å². The number of hydrogen-bond acceptors (Lipinski definition) is 3. The summed E-state index contributed by atoms with van der Waals surface area (Å²) in [6.07, 6.45) is 0.0496. The molecular formula is C17H17F3N2O2S. The number of nitrogens with zero attached hydrogens (tertiary/aromatic N) is 1. The van der Waals surface area contributed by atoms with E-state index in [1.165, 1.54) is 18.2 Å². The van der Waals surface area contributed by atoms with Crippen LogP contribution in [0.1, 0.15) is 31.2 Å². The lowest BCUT2D eigenvalue weighted by Crippen LogP contribution is -2.32. The van der Waals surface area contributed by atoms with Crippen LogP contribution in [0.3, 0.4) is 0 Å². The zero-order valence-corrected chi connectivity index (χ0v) is 14.1. The monoisotopic (exact) mass is 370 g/mol. The minimum absolute atomic E-state index is 0.0266. The molecule has 0 saturated heterocycles. The first-order chi connectivity index (χ1) is 11.8. The maximum atomic E-state index is 12.6. The van der Waals surface area contributed by atoms with Gasteiger partial charge < -0.3 is 0 Å². The van der Waals surface area contributed by atoms with Crippen molar-refractivity contribution in [2.75, 3.05) is 0 Å². The highest BCUT2D eigenvalue weighted by molar-refractivity contribution is 7.89.